The number of nitrogens with one attached hydrogen (secondary N) is 1. The number of aromatic amines is 1. The fourth-order valence-electron chi connectivity index (χ4n) is 2.95. The predicted octanol–water partition coefficient (Wildman–Crippen LogP) is 2.17. The van der Waals surface area contributed by atoms with Crippen molar-refractivity contribution < 1.29 is 9.84 Å². The molecule has 1 aromatic heterocycles. The Balaban J connectivity index is 1.79. The Morgan fingerprint density at radius 1 is 1.42 bits per heavy atom. The minimum absolute atomic E-state index is 0.0487. The van der Waals surface area contributed by atoms with Crippen LogP contribution in [0.4, 0.5) is 0 Å². The first-order chi connectivity index (χ1) is 11.5. The van der Waals surface area contributed by atoms with Gasteiger partial charge in [0, 0.05) is 43.6 Å². The van der Waals surface area contributed by atoms with Crippen molar-refractivity contribution in [1.29, 1.82) is 0 Å². The molecule has 2 heterocycles. The zero-order chi connectivity index (χ0) is 17.3. The lowest BCUT2D eigenvalue weighted by Gasteiger charge is -2.28. The van der Waals surface area contributed by atoms with E-state index in [9.17, 15) is 9.90 Å². The van der Waals surface area contributed by atoms with E-state index in [2.05, 4.69) is 14.9 Å². The van der Waals surface area contributed by atoms with Gasteiger partial charge in [0.05, 0.1) is 18.4 Å². The standard InChI is InChI=1S/C18H23N3O3/c1-11(2)17-19-15-6-7-21(10-14(15)18(23)20-17)9-12-4-5-13(24-3)8-16(12)22/h4-5,8,11,22H,6-7,9-10H2,1-3H3,(H,19,20,23). The molecule has 3 rings (SSSR count). The number of hydrogen-bond acceptors (Lipinski definition) is 5. The molecule has 0 atom stereocenters. The van der Waals surface area contributed by atoms with E-state index in [4.69, 9.17) is 4.74 Å². The molecule has 6 nitrogen and oxygen atoms in total. The van der Waals surface area contributed by atoms with E-state index in [0.29, 0.717) is 18.8 Å². The van der Waals surface area contributed by atoms with E-state index in [1.54, 1.807) is 13.2 Å². The lowest BCUT2D eigenvalue weighted by molar-refractivity contribution is 0.238. The van der Waals surface area contributed by atoms with E-state index in [1.807, 2.05) is 26.0 Å². The highest BCUT2D eigenvalue weighted by atomic mass is 16.5. The molecule has 0 spiro atoms. The monoisotopic (exact) mass is 329 g/mol. The maximum Gasteiger partial charge on any atom is 0.255 e. The number of ether oxygens (including phenoxy) is 1. The minimum atomic E-state index is -0.0487. The smallest absolute Gasteiger partial charge is 0.255 e. The molecule has 0 bridgehead atoms. The Hall–Kier alpha value is -2.34. The van der Waals surface area contributed by atoms with Crippen LogP contribution < -0.4 is 10.3 Å². The second kappa shape index (κ2) is 6.65. The molecule has 0 aliphatic carbocycles. The summed E-state index contributed by atoms with van der Waals surface area (Å²) in [6, 6.07) is 5.29. The number of nitrogens with zero attached hydrogens (tertiary/aromatic N) is 2. The zero-order valence-electron chi connectivity index (χ0n) is 14.3. The van der Waals surface area contributed by atoms with E-state index >= 15 is 0 Å². The topological polar surface area (TPSA) is 78.5 Å². The number of H-pyrrole nitrogens is 1. The van der Waals surface area contributed by atoms with Crippen LogP contribution in [-0.4, -0.2) is 33.6 Å². The maximum atomic E-state index is 12.3. The Morgan fingerprint density at radius 3 is 2.88 bits per heavy atom. The lowest BCUT2D eigenvalue weighted by atomic mass is 10.0. The molecule has 128 valence electrons. The van der Waals surface area contributed by atoms with E-state index in [-0.39, 0.29) is 17.2 Å². The molecule has 0 radical (unpaired) electrons. The van der Waals surface area contributed by atoms with Gasteiger partial charge in [0.1, 0.15) is 17.3 Å². The highest BCUT2D eigenvalue weighted by molar-refractivity contribution is 5.39. The third-order valence-electron chi connectivity index (χ3n) is 4.40. The second-order valence-electron chi connectivity index (χ2n) is 6.49. The van der Waals surface area contributed by atoms with Gasteiger partial charge in [-0.25, -0.2) is 4.98 Å². The summed E-state index contributed by atoms with van der Waals surface area (Å²) >= 11 is 0. The molecule has 0 saturated heterocycles. The quantitative estimate of drug-likeness (QED) is 0.899. The average Bonchev–Trinajstić information content (AvgIpc) is 2.57. The summed E-state index contributed by atoms with van der Waals surface area (Å²) < 4.78 is 5.11. The number of aromatic hydroxyl groups is 1. The summed E-state index contributed by atoms with van der Waals surface area (Å²) in [4.78, 5) is 22.0. The van der Waals surface area contributed by atoms with Crippen LogP contribution in [-0.2, 0) is 19.5 Å². The summed E-state index contributed by atoms with van der Waals surface area (Å²) in [5.41, 5.74) is 2.41. The minimum Gasteiger partial charge on any atom is -0.507 e. The zero-order valence-corrected chi connectivity index (χ0v) is 14.3. The van der Waals surface area contributed by atoms with Crippen LogP contribution in [0.15, 0.2) is 23.0 Å². The average molecular weight is 329 g/mol. The van der Waals surface area contributed by atoms with Crippen molar-refractivity contribution in [2.45, 2.75) is 39.3 Å². The molecule has 24 heavy (non-hydrogen) atoms. The normalized spacial score (nSPS) is 14.7. The largest absolute Gasteiger partial charge is 0.507 e. The summed E-state index contributed by atoms with van der Waals surface area (Å²) in [5, 5.41) is 10.1. The molecular weight excluding hydrogens is 306 g/mol. The summed E-state index contributed by atoms with van der Waals surface area (Å²) in [6.07, 6.45) is 0.746. The molecule has 1 aromatic carbocycles. The van der Waals surface area contributed by atoms with Crippen LogP contribution in [0.1, 0.15) is 42.4 Å². The SMILES string of the molecule is COc1ccc(CN2CCc3nc(C(C)C)[nH]c(=O)c3C2)c(O)c1. The summed E-state index contributed by atoms with van der Waals surface area (Å²) in [7, 11) is 1.57. The number of benzene rings is 1. The third kappa shape index (κ3) is 3.28. The summed E-state index contributed by atoms with van der Waals surface area (Å²) in [5.74, 6) is 1.79. The van der Waals surface area contributed by atoms with Gasteiger partial charge in [0.2, 0.25) is 0 Å². The highest BCUT2D eigenvalue weighted by Crippen LogP contribution is 2.26. The molecule has 0 unspecified atom stereocenters. The van der Waals surface area contributed by atoms with Gasteiger partial charge in [-0.05, 0) is 6.07 Å². The third-order valence-corrected chi connectivity index (χ3v) is 4.40. The van der Waals surface area contributed by atoms with Crippen LogP contribution in [0.2, 0.25) is 0 Å². The first-order valence-electron chi connectivity index (χ1n) is 8.18. The maximum absolute atomic E-state index is 12.3. The van der Waals surface area contributed by atoms with Crippen molar-refractivity contribution in [2.75, 3.05) is 13.7 Å². The molecule has 2 N–H and O–H groups in total. The van der Waals surface area contributed by atoms with Crippen molar-refractivity contribution in [3.8, 4) is 11.5 Å². The van der Waals surface area contributed by atoms with Gasteiger partial charge >= 0.3 is 0 Å². The van der Waals surface area contributed by atoms with Gasteiger partial charge in [-0.1, -0.05) is 19.9 Å². The van der Waals surface area contributed by atoms with Crippen molar-refractivity contribution in [3.05, 3.63) is 51.2 Å². The van der Waals surface area contributed by atoms with Gasteiger partial charge in [0.15, 0.2) is 0 Å². The molecule has 2 aromatic rings. The van der Waals surface area contributed by atoms with E-state index in [1.165, 1.54) is 0 Å². The fraction of sp³-hybridized carbons (Fsp3) is 0.444. The van der Waals surface area contributed by atoms with Crippen LogP contribution in [0, 0.1) is 0 Å². The highest BCUT2D eigenvalue weighted by Gasteiger charge is 2.22. The first kappa shape index (κ1) is 16.5. The second-order valence-corrected chi connectivity index (χ2v) is 6.49. The molecule has 0 amide bonds. The Morgan fingerprint density at radius 2 is 2.21 bits per heavy atom. The van der Waals surface area contributed by atoms with Crippen LogP contribution in [0.5, 0.6) is 11.5 Å². The molecule has 6 heteroatoms. The predicted molar refractivity (Wildman–Crippen MR) is 91.4 cm³/mol. The van der Waals surface area contributed by atoms with Gasteiger partial charge < -0.3 is 14.8 Å². The number of phenolic OH excluding ortho intramolecular Hbond substituents is 1. The number of aromatic nitrogens is 2. The van der Waals surface area contributed by atoms with Crippen molar-refractivity contribution in [3.63, 3.8) is 0 Å². The van der Waals surface area contributed by atoms with Crippen molar-refractivity contribution in [2.24, 2.45) is 0 Å². The van der Waals surface area contributed by atoms with Crippen LogP contribution >= 0.6 is 0 Å². The van der Waals surface area contributed by atoms with Gasteiger partial charge in [-0.15, -0.1) is 0 Å². The van der Waals surface area contributed by atoms with Crippen LogP contribution in [0.3, 0.4) is 0 Å². The Bertz CT molecular complexity index is 799. The van der Waals surface area contributed by atoms with E-state index < -0.39 is 0 Å². The van der Waals surface area contributed by atoms with Crippen LogP contribution in [0.25, 0.3) is 0 Å². The molecular formula is C18H23N3O3. The van der Waals surface area contributed by atoms with Gasteiger partial charge in [-0.3, -0.25) is 9.69 Å². The first-order valence-corrected chi connectivity index (χ1v) is 8.18. The number of fused-ring (bicyclic) bond motifs is 1. The Labute approximate surface area is 141 Å². The fourth-order valence-corrected chi connectivity index (χ4v) is 2.95. The van der Waals surface area contributed by atoms with Gasteiger partial charge in [-0.2, -0.15) is 0 Å². The molecule has 0 fully saturated rings. The number of rotatable bonds is 4. The molecule has 1 aliphatic rings. The Kier molecular flexibility index (Phi) is 4.57. The summed E-state index contributed by atoms with van der Waals surface area (Å²) in [6.45, 7) is 5.98. The van der Waals surface area contributed by atoms with Crippen molar-refractivity contribution in [1.82, 2.24) is 14.9 Å². The number of hydrogen-bond donors (Lipinski definition) is 2. The lowest BCUT2D eigenvalue weighted by Crippen LogP contribution is -2.36. The van der Waals surface area contributed by atoms with Gasteiger partial charge in [0.25, 0.3) is 5.56 Å². The molecule has 1 aliphatic heterocycles. The number of phenols is 1. The molecule has 0 saturated carbocycles. The van der Waals surface area contributed by atoms with Crippen molar-refractivity contribution >= 4 is 0 Å². The van der Waals surface area contributed by atoms with E-state index in [0.717, 1.165) is 35.6 Å². The number of methoxy groups -OCH3 is 1.